The number of aryl methyl sites for hydroxylation is 2. The number of carbonyl (C=O) groups is 2. The molecule has 0 atom stereocenters. The molecule has 2 amide bonds. The van der Waals surface area contributed by atoms with Gasteiger partial charge in [-0.1, -0.05) is 45.8 Å². The number of amides is 2. The molecule has 0 saturated heterocycles. The molecule has 0 aliphatic carbocycles. The summed E-state index contributed by atoms with van der Waals surface area (Å²) in [6.45, 7) is 5.60. The predicted octanol–water partition coefficient (Wildman–Crippen LogP) is 6.70. The van der Waals surface area contributed by atoms with Gasteiger partial charge in [-0.3, -0.25) is 9.59 Å². The van der Waals surface area contributed by atoms with Crippen LogP contribution in [0, 0.1) is 32.1 Å². The second-order valence-electron chi connectivity index (χ2n) is 7.88. The van der Waals surface area contributed by atoms with E-state index in [1.165, 1.54) is 6.08 Å². The molecule has 0 aromatic heterocycles. The minimum Gasteiger partial charge on any atom is -0.482 e. The van der Waals surface area contributed by atoms with Crippen LogP contribution in [0.1, 0.15) is 22.3 Å². The van der Waals surface area contributed by atoms with E-state index in [0.29, 0.717) is 31.6 Å². The highest BCUT2D eigenvalue weighted by atomic mass is 79.9. The van der Waals surface area contributed by atoms with Gasteiger partial charge >= 0.3 is 0 Å². The van der Waals surface area contributed by atoms with E-state index >= 15 is 0 Å². The van der Waals surface area contributed by atoms with Crippen molar-refractivity contribution in [2.75, 3.05) is 17.2 Å². The number of rotatable bonds is 7. The summed E-state index contributed by atoms with van der Waals surface area (Å²) in [5.74, 6) is -0.549. The first-order chi connectivity index (χ1) is 16.7. The second kappa shape index (κ2) is 11.8. The summed E-state index contributed by atoms with van der Waals surface area (Å²) >= 11 is 6.86. The minimum absolute atomic E-state index is 0.111. The van der Waals surface area contributed by atoms with Gasteiger partial charge < -0.3 is 15.4 Å². The summed E-state index contributed by atoms with van der Waals surface area (Å²) in [4.78, 5) is 25.3. The summed E-state index contributed by atoms with van der Waals surface area (Å²) in [7, 11) is 0. The molecule has 0 heterocycles. The fourth-order valence-corrected chi connectivity index (χ4v) is 4.56. The standard InChI is InChI=1S/C27H23Br2N3O3/c1-16-7-9-22(10-8-16)31-27(34)20(14-30)11-19-12-21(28)13-23(29)26(19)35-15-25(33)32-24-6-4-5-17(2)18(24)3/h4-13H,15H2,1-3H3,(H,31,34)(H,32,33)/b20-11-. The fourth-order valence-electron chi connectivity index (χ4n) is 3.19. The van der Waals surface area contributed by atoms with Crippen molar-refractivity contribution in [3.8, 4) is 11.8 Å². The second-order valence-corrected chi connectivity index (χ2v) is 9.65. The SMILES string of the molecule is Cc1ccc(NC(=O)/C(C#N)=C\c2cc(Br)cc(Br)c2OCC(=O)Nc2cccc(C)c2C)cc1. The van der Waals surface area contributed by atoms with Crippen LogP contribution in [0.25, 0.3) is 6.08 Å². The molecule has 2 N–H and O–H groups in total. The van der Waals surface area contributed by atoms with E-state index in [9.17, 15) is 14.9 Å². The summed E-state index contributed by atoms with van der Waals surface area (Å²) in [5, 5.41) is 15.2. The van der Waals surface area contributed by atoms with Gasteiger partial charge in [-0.05, 0) is 84.2 Å². The monoisotopic (exact) mass is 595 g/mol. The lowest BCUT2D eigenvalue weighted by atomic mass is 10.1. The molecule has 0 aliphatic heterocycles. The molecule has 0 unspecified atom stereocenters. The number of hydrogen-bond donors (Lipinski definition) is 2. The van der Waals surface area contributed by atoms with E-state index in [1.807, 2.05) is 57.2 Å². The van der Waals surface area contributed by atoms with Gasteiger partial charge in [0.1, 0.15) is 17.4 Å². The third kappa shape index (κ3) is 7.04. The Morgan fingerprint density at radius 1 is 1.03 bits per heavy atom. The first-order valence-electron chi connectivity index (χ1n) is 10.7. The highest BCUT2D eigenvalue weighted by molar-refractivity contribution is 9.11. The third-order valence-corrected chi connectivity index (χ3v) is 6.28. The van der Waals surface area contributed by atoms with Gasteiger partial charge in [0.15, 0.2) is 6.61 Å². The molecule has 0 saturated carbocycles. The van der Waals surface area contributed by atoms with Crippen LogP contribution in [0.5, 0.6) is 5.75 Å². The highest BCUT2D eigenvalue weighted by Crippen LogP contribution is 2.34. The maximum Gasteiger partial charge on any atom is 0.266 e. The maximum absolute atomic E-state index is 12.7. The molecular formula is C27H23Br2N3O3. The normalized spacial score (nSPS) is 10.9. The van der Waals surface area contributed by atoms with E-state index in [4.69, 9.17) is 4.74 Å². The van der Waals surface area contributed by atoms with Gasteiger partial charge in [0.05, 0.1) is 4.47 Å². The zero-order valence-corrected chi connectivity index (χ0v) is 22.6. The molecule has 35 heavy (non-hydrogen) atoms. The summed E-state index contributed by atoms with van der Waals surface area (Å²) < 4.78 is 7.09. The van der Waals surface area contributed by atoms with Crippen molar-refractivity contribution in [3.63, 3.8) is 0 Å². The largest absolute Gasteiger partial charge is 0.482 e. The van der Waals surface area contributed by atoms with Crippen molar-refractivity contribution in [1.82, 2.24) is 0 Å². The molecule has 0 spiro atoms. The number of hydrogen-bond acceptors (Lipinski definition) is 4. The Hall–Kier alpha value is -3.41. The van der Waals surface area contributed by atoms with Crippen LogP contribution in [0.3, 0.4) is 0 Å². The molecule has 0 radical (unpaired) electrons. The first kappa shape index (κ1) is 26.2. The van der Waals surface area contributed by atoms with E-state index < -0.39 is 5.91 Å². The Kier molecular flexibility index (Phi) is 8.85. The zero-order valence-electron chi connectivity index (χ0n) is 19.4. The van der Waals surface area contributed by atoms with Crippen molar-refractivity contribution in [3.05, 3.63) is 91.4 Å². The smallest absolute Gasteiger partial charge is 0.266 e. The van der Waals surface area contributed by atoms with Crippen LogP contribution in [-0.4, -0.2) is 18.4 Å². The zero-order chi connectivity index (χ0) is 25.5. The molecule has 6 nitrogen and oxygen atoms in total. The molecule has 8 heteroatoms. The average molecular weight is 597 g/mol. The number of carbonyl (C=O) groups excluding carboxylic acids is 2. The number of halogens is 2. The quantitative estimate of drug-likeness (QED) is 0.234. The van der Waals surface area contributed by atoms with Gasteiger partial charge in [-0.15, -0.1) is 0 Å². The van der Waals surface area contributed by atoms with Crippen LogP contribution >= 0.6 is 31.9 Å². The van der Waals surface area contributed by atoms with Crippen molar-refractivity contribution in [2.24, 2.45) is 0 Å². The number of benzene rings is 3. The average Bonchev–Trinajstić information content (AvgIpc) is 2.81. The molecule has 0 fully saturated rings. The lowest BCUT2D eigenvalue weighted by Gasteiger charge is -2.14. The van der Waals surface area contributed by atoms with Crippen molar-refractivity contribution in [1.29, 1.82) is 5.26 Å². The van der Waals surface area contributed by atoms with Gasteiger partial charge in [-0.2, -0.15) is 5.26 Å². The molecule has 0 bridgehead atoms. The Bertz CT molecular complexity index is 1340. The molecule has 3 aromatic rings. The summed E-state index contributed by atoms with van der Waals surface area (Å²) in [6.07, 6.45) is 1.43. The molecule has 178 valence electrons. The van der Waals surface area contributed by atoms with E-state index in [2.05, 4.69) is 42.5 Å². The van der Waals surface area contributed by atoms with Gasteiger partial charge in [0.25, 0.3) is 11.8 Å². The number of anilines is 2. The van der Waals surface area contributed by atoms with Crippen LogP contribution in [-0.2, 0) is 9.59 Å². The maximum atomic E-state index is 12.7. The van der Waals surface area contributed by atoms with Crippen LogP contribution in [0.4, 0.5) is 11.4 Å². The highest BCUT2D eigenvalue weighted by Gasteiger charge is 2.16. The summed E-state index contributed by atoms with van der Waals surface area (Å²) in [6, 6.07) is 18.3. The van der Waals surface area contributed by atoms with Gasteiger partial charge in [-0.25, -0.2) is 0 Å². The number of nitrogens with zero attached hydrogens (tertiary/aromatic N) is 1. The minimum atomic E-state index is -0.550. The van der Waals surface area contributed by atoms with Crippen molar-refractivity contribution in [2.45, 2.75) is 20.8 Å². The fraction of sp³-hybridized carbons (Fsp3) is 0.148. The first-order valence-corrected chi connectivity index (χ1v) is 12.2. The molecular weight excluding hydrogens is 574 g/mol. The van der Waals surface area contributed by atoms with Crippen LogP contribution < -0.4 is 15.4 Å². The van der Waals surface area contributed by atoms with Gasteiger partial charge in [0.2, 0.25) is 0 Å². The van der Waals surface area contributed by atoms with Crippen LogP contribution in [0.2, 0.25) is 0 Å². The van der Waals surface area contributed by atoms with Gasteiger partial charge in [0, 0.05) is 21.4 Å². The molecule has 0 aliphatic rings. The van der Waals surface area contributed by atoms with E-state index in [0.717, 1.165) is 16.7 Å². The topological polar surface area (TPSA) is 91.2 Å². The Labute approximate surface area is 221 Å². The third-order valence-electron chi connectivity index (χ3n) is 5.24. The van der Waals surface area contributed by atoms with E-state index in [-0.39, 0.29) is 18.1 Å². The number of ether oxygens (including phenoxy) is 1. The number of nitrogens with one attached hydrogen (secondary N) is 2. The summed E-state index contributed by atoms with van der Waals surface area (Å²) in [5.41, 5.74) is 4.75. The van der Waals surface area contributed by atoms with Crippen LogP contribution in [0.15, 0.2) is 69.1 Å². The lowest BCUT2D eigenvalue weighted by molar-refractivity contribution is -0.118. The molecule has 3 aromatic carbocycles. The number of nitriles is 1. The Morgan fingerprint density at radius 2 is 1.74 bits per heavy atom. The lowest BCUT2D eigenvalue weighted by Crippen LogP contribution is -2.21. The Balaban J connectivity index is 1.81. The van der Waals surface area contributed by atoms with Crippen molar-refractivity contribution < 1.29 is 14.3 Å². The molecule has 3 rings (SSSR count). The Morgan fingerprint density at radius 3 is 2.43 bits per heavy atom. The predicted molar refractivity (Wildman–Crippen MR) is 145 cm³/mol. The van der Waals surface area contributed by atoms with Crippen molar-refractivity contribution >= 4 is 61.1 Å². The van der Waals surface area contributed by atoms with E-state index in [1.54, 1.807) is 24.3 Å².